The molecule has 96 valence electrons. The first-order chi connectivity index (χ1) is 8.78. The molecular formula is C12H12ClNO4. The number of hydrogen-bond acceptors (Lipinski definition) is 5. The minimum Gasteiger partial charge on any atom is -0.493 e. The lowest BCUT2D eigenvalue weighted by molar-refractivity contribution is 0.292. The van der Waals surface area contributed by atoms with E-state index in [1.807, 2.05) is 0 Å². The van der Waals surface area contributed by atoms with Crippen molar-refractivity contribution in [2.45, 2.75) is 5.88 Å². The molecule has 0 saturated heterocycles. The molecule has 0 bridgehead atoms. The van der Waals surface area contributed by atoms with Crippen LogP contribution in [0.15, 0.2) is 28.9 Å². The molecule has 18 heavy (non-hydrogen) atoms. The first kappa shape index (κ1) is 12.6. The summed E-state index contributed by atoms with van der Waals surface area (Å²) >= 11 is 5.63. The highest BCUT2D eigenvalue weighted by Crippen LogP contribution is 2.39. The maximum Gasteiger partial charge on any atom is 0.399 e. The van der Waals surface area contributed by atoms with Crippen LogP contribution < -0.4 is 14.2 Å². The summed E-state index contributed by atoms with van der Waals surface area (Å²) in [6, 6.07) is 5.30. The molecule has 0 unspecified atom stereocenters. The van der Waals surface area contributed by atoms with E-state index in [4.69, 9.17) is 30.2 Å². The molecule has 1 heterocycles. The molecule has 2 rings (SSSR count). The van der Waals surface area contributed by atoms with Gasteiger partial charge in [0.2, 0.25) is 5.75 Å². The smallest absolute Gasteiger partial charge is 0.399 e. The van der Waals surface area contributed by atoms with Crippen LogP contribution in [0.25, 0.3) is 0 Å². The minimum absolute atomic E-state index is 0.0912. The highest BCUT2D eigenvalue weighted by Gasteiger charge is 2.15. The monoisotopic (exact) mass is 269 g/mol. The van der Waals surface area contributed by atoms with Gasteiger partial charge in [0.1, 0.15) is 6.26 Å². The summed E-state index contributed by atoms with van der Waals surface area (Å²) in [6.07, 6.45) is 1.53. The third-order valence-corrected chi connectivity index (χ3v) is 2.51. The van der Waals surface area contributed by atoms with Gasteiger partial charge in [0.05, 0.1) is 25.8 Å². The fourth-order valence-corrected chi connectivity index (χ4v) is 1.52. The zero-order valence-corrected chi connectivity index (χ0v) is 10.7. The molecule has 5 nitrogen and oxygen atoms in total. The SMILES string of the molecule is COc1cccc(OC)c1Oc1nc(CCl)co1. The van der Waals surface area contributed by atoms with Crippen LogP contribution in [0.1, 0.15) is 5.69 Å². The van der Waals surface area contributed by atoms with E-state index in [1.54, 1.807) is 32.4 Å². The largest absolute Gasteiger partial charge is 0.493 e. The van der Waals surface area contributed by atoms with E-state index in [-0.39, 0.29) is 12.0 Å². The van der Waals surface area contributed by atoms with Crippen LogP contribution in [0.3, 0.4) is 0 Å². The molecular weight excluding hydrogens is 258 g/mol. The van der Waals surface area contributed by atoms with E-state index in [9.17, 15) is 0 Å². The number of halogens is 1. The highest BCUT2D eigenvalue weighted by molar-refractivity contribution is 6.16. The van der Waals surface area contributed by atoms with Gasteiger partial charge in [-0.25, -0.2) is 0 Å². The lowest BCUT2D eigenvalue weighted by Gasteiger charge is -2.11. The summed E-state index contributed by atoms with van der Waals surface area (Å²) in [5, 5.41) is 0. The second kappa shape index (κ2) is 5.64. The van der Waals surface area contributed by atoms with Crippen LogP contribution in [0, 0.1) is 0 Å². The Kier molecular flexibility index (Phi) is 3.94. The summed E-state index contributed by atoms with van der Waals surface area (Å²) in [4.78, 5) is 4.04. The van der Waals surface area contributed by atoms with E-state index >= 15 is 0 Å². The van der Waals surface area contributed by atoms with Gasteiger partial charge in [0.15, 0.2) is 11.5 Å². The number of oxazole rings is 1. The standard InChI is InChI=1S/C12H12ClNO4/c1-15-9-4-3-5-10(16-2)11(9)18-12-14-8(6-13)7-17-12/h3-5,7H,6H2,1-2H3. The zero-order chi connectivity index (χ0) is 13.0. The first-order valence-corrected chi connectivity index (χ1v) is 5.71. The number of para-hydroxylation sites is 1. The highest BCUT2D eigenvalue weighted by atomic mass is 35.5. The number of rotatable bonds is 5. The van der Waals surface area contributed by atoms with Crippen molar-refractivity contribution in [3.05, 3.63) is 30.2 Å². The van der Waals surface area contributed by atoms with Gasteiger partial charge < -0.3 is 18.6 Å². The van der Waals surface area contributed by atoms with Gasteiger partial charge in [-0.3, -0.25) is 0 Å². The Labute approximate surface area is 109 Å². The summed E-state index contributed by atoms with van der Waals surface area (Å²) in [5.41, 5.74) is 0.598. The Morgan fingerprint density at radius 1 is 1.22 bits per heavy atom. The maximum absolute atomic E-state index is 5.63. The van der Waals surface area contributed by atoms with Crippen molar-refractivity contribution >= 4 is 11.6 Å². The topological polar surface area (TPSA) is 53.7 Å². The first-order valence-electron chi connectivity index (χ1n) is 5.17. The third kappa shape index (κ3) is 2.51. The zero-order valence-electron chi connectivity index (χ0n) is 9.97. The van der Waals surface area contributed by atoms with E-state index in [0.717, 1.165) is 0 Å². The van der Waals surface area contributed by atoms with Gasteiger partial charge in [-0.15, -0.1) is 11.6 Å². The predicted molar refractivity (Wildman–Crippen MR) is 65.7 cm³/mol. The number of benzene rings is 1. The molecule has 0 atom stereocenters. The molecule has 0 aliphatic carbocycles. The van der Waals surface area contributed by atoms with E-state index in [1.165, 1.54) is 6.26 Å². The molecule has 0 aliphatic rings. The molecule has 0 fully saturated rings. The lowest BCUT2D eigenvalue weighted by Crippen LogP contribution is -1.94. The quantitative estimate of drug-likeness (QED) is 0.780. The fraction of sp³-hybridized carbons (Fsp3) is 0.250. The molecule has 0 N–H and O–H groups in total. The normalized spacial score (nSPS) is 10.2. The van der Waals surface area contributed by atoms with Gasteiger partial charge in [-0.2, -0.15) is 4.98 Å². The number of aromatic nitrogens is 1. The number of methoxy groups -OCH3 is 2. The van der Waals surface area contributed by atoms with E-state index < -0.39 is 0 Å². The summed E-state index contributed by atoms with van der Waals surface area (Å²) in [7, 11) is 3.09. The van der Waals surface area contributed by atoms with Gasteiger partial charge in [0, 0.05) is 0 Å². The van der Waals surface area contributed by atoms with E-state index in [0.29, 0.717) is 22.9 Å². The number of nitrogens with zero attached hydrogens (tertiary/aromatic N) is 1. The second-order valence-electron chi connectivity index (χ2n) is 3.33. The number of hydrogen-bond donors (Lipinski definition) is 0. The van der Waals surface area contributed by atoms with Crippen LogP contribution in [-0.2, 0) is 5.88 Å². The molecule has 2 aromatic rings. The summed E-state index contributed by atoms with van der Waals surface area (Å²) < 4.78 is 21.0. The van der Waals surface area contributed by atoms with E-state index in [2.05, 4.69) is 4.98 Å². The van der Waals surface area contributed by atoms with Gasteiger partial charge in [-0.05, 0) is 12.1 Å². The average molecular weight is 270 g/mol. The molecule has 0 saturated carbocycles. The molecule has 1 aromatic heterocycles. The summed E-state index contributed by atoms with van der Waals surface area (Å²) in [5.74, 6) is 1.72. The van der Waals surface area contributed by atoms with Gasteiger partial charge >= 0.3 is 6.08 Å². The Morgan fingerprint density at radius 3 is 2.39 bits per heavy atom. The van der Waals surface area contributed by atoms with Crippen LogP contribution in [-0.4, -0.2) is 19.2 Å². The van der Waals surface area contributed by atoms with Crippen LogP contribution in [0.4, 0.5) is 0 Å². The molecule has 0 aliphatic heterocycles. The fourth-order valence-electron chi connectivity index (χ4n) is 1.40. The predicted octanol–water partition coefficient (Wildman–Crippen LogP) is 3.22. The average Bonchev–Trinajstić information content (AvgIpc) is 2.86. The Bertz CT molecular complexity index is 504. The van der Waals surface area contributed by atoms with Crippen molar-refractivity contribution in [1.29, 1.82) is 0 Å². The van der Waals surface area contributed by atoms with Crippen molar-refractivity contribution in [2.24, 2.45) is 0 Å². The van der Waals surface area contributed by atoms with Gasteiger partial charge in [0.25, 0.3) is 0 Å². The van der Waals surface area contributed by atoms with Crippen LogP contribution in [0.2, 0.25) is 0 Å². The van der Waals surface area contributed by atoms with Gasteiger partial charge in [-0.1, -0.05) is 6.07 Å². The van der Waals surface area contributed by atoms with Crippen LogP contribution >= 0.6 is 11.6 Å². The molecule has 1 aromatic carbocycles. The maximum atomic E-state index is 5.63. The molecule has 6 heteroatoms. The Morgan fingerprint density at radius 2 is 1.89 bits per heavy atom. The number of ether oxygens (including phenoxy) is 3. The van der Waals surface area contributed by atoms with Crippen LogP contribution in [0.5, 0.6) is 23.3 Å². The number of alkyl halides is 1. The van der Waals surface area contributed by atoms with Crippen molar-refractivity contribution in [2.75, 3.05) is 14.2 Å². The molecule has 0 radical (unpaired) electrons. The van der Waals surface area contributed by atoms with Crippen molar-refractivity contribution in [1.82, 2.24) is 4.98 Å². The van der Waals surface area contributed by atoms with Crippen molar-refractivity contribution < 1.29 is 18.6 Å². The third-order valence-electron chi connectivity index (χ3n) is 2.24. The van der Waals surface area contributed by atoms with Crippen molar-refractivity contribution in [3.8, 4) is 23.3 Å². The minimum atomic E-state index is 0.0912. The molecule has 0 amide bonds. The lowest BCUT2D eigenvalue weighted by atomic mass is 10.3. The van der Waals surface area contributed by atoms with Crippen molar-refractivity contribution in [3.63, 3.8) is 0 Å². The molecule has 0 spiro atoms. The second-order valence-corrected chi connectivity index (χ2v) is 3.60. The Hall–Kier alpha value is -1.88. The summed E-state index contributed by atoms with van der Waals surface area (Å²) in [6.45, 7) is 0. The Balaban J connectivity index is 2.31.